The largest absolute Gasteiger partial charge is 0.241 e. The molecule has 1 aliphatic rings. The Labute approximate surface area is 140 Å². The van der Waals surface area contributed by atoms with Gasteiger partial charge >= 0.3 is 0 Å². The van der Waals surface area contributed by atoms with Crippen LogP contribution in [0.2, 0.25) is 0 Å². The number of fused-ring (bicyclic) bond motifs is 1. The maximum absolute atomic E-state index is 13.6. The highest BCUT2D eigenvalue weighted by Crippen LogP contribution is 2.37. The molecular formula is C17H18FNO2S2. The monoisotopic (exact) mass is 351 g/mol. The van der Waals surface area contributed by atoms with Crippen LogP contribution in [0.4, 0.5) is 4.39 Å². The predicted octanol–water partition coefficient (Wildman–Crippen LogP) is 3.96. The number of halogens is 1. The van der Waals surface area contributed by atoms with Gasteiger partial charge in [-0.15, -0.1) is 11.8 Å². The summed E-state index contributed by atoms with van der Waals surface area (Å²) in [4.78, 5) is 1.22. The Morgan fingerprint density at radius 2 is 1.96 bits per heavy atom. The van der Waals surface area contributed by atoms with Crippen LogP contribution in [0.25, 0.3) is 0 Å². The average molecular weight is 351 g/mol. The van der Waals surface area contributed by atoms with Crippen molar-refractivity contribution in [3.63, 3.8) is 0 Å². The molecule has 2 aromatic rings. The van der Waals surface area contributed by atoms with E-state index in [2.05, 4.69) is 4.72 Å². The van der Waals surface area contributed by atoms with E-state index in [9.17, 15) is 12.8 Å². The van der Waals surface area contributed by atoms with Gasteiger partial charge in [0.1, 0.15) is 5.82 Å². The van der Waals surface area contributed by atoms with E-state index in [1.54, 1.807) is 36.9 Å². The number of aryl methyl sites for hydroxylation is 2. The molecule has 1 N–H and O–H groups in total. The van der Waals surface area contributed by atoms with E-state index >= 15 is 0 Å². The lowest BCUT2D eigenvalue weighted by molar-refractivity contribution is 0.541. The third-order valence-corrected chi connectivity index (χ3v) is 6.68. The molecule has 0 bridgehead atoms. The summed E-state index contributed by atoms with van der Waals surface area (Å²) < 4.78 is 41.8. The smallest absolute Gasteiger partial charge is 0.207 e. The first kappa shape index (κ1) is 16.5. The number of hydrogen-bond acceptors (Lipinski definition) is 3. The molecule has 1 aliphatic heterocycles. The van der Waals surface area contributed by atoms with Gasteiger partial charge in [0.25, 0.3) is 0 Å². The predicted molar refractivity (Wildman–Crippen MR) is 90.7 cm³/mol. The van der Waals surface area contributed by atoms with Crippen molar-refractivity contribution >= 4 is 21.8 Å². The molecule has 122 valence electrons. The van der Waals surface area contributed by atoms with Gasteiger partial charge in [0, 0.05) is 10.9 Å². The fourth-order valence-corrected chi connectivity index (χ4v) is 5.42. The summed E-state index contributed by atoms with van der Waals surface area (Å²) in [6.07, 6.45) is 0.644. The van der Waals surface area contributed by atoms with E-state index in [1.165, 1.54) is 12.1 Å². The Balaban J connectivity index is 1.96. The molecule has 1 unspecified atom stereocenters. The summed E-state index contributed by atoms with van der Waals surface area (Å²) >= 11 is 1.63. The molecule has 3 nitrogen and oxygen atoms in total. The lowest BCUT2D eigenvalue weighted by Gasteiger charge is -2.26. The van der Waals surface area contributed by atoms with Crippen LogP contribution in [-0.2, 0) is 10.0 Å². The van der Waals surface area contributed by atoms with Crippen LogP contribution in [0.5, 0.6) is 0 Å². The molecule has 0 fully saturated rings. The lowest BCUT2D eigenvalue weighted by Crippen LogP contribution is -2.31. The van der Waals surface area contributed by atoms with Crippen molar-refractivity contribution in [3.8, 4) is 0 Å². The highest BCUT2D eigenvalue weighted by molar-refractivity contribution is 7.99. The van der Waals surface area contributed by atoms with Crippen LogP contribution >= 0.6 is 11.8 Å². The maximum Gasteiger partial charge on any atom is 0.241 e. The van der Waals surface area contributed by atoms with Crippen LogP contribution < -0.4 is 4.72 Å². The third kappa shape index (κ3) is 3.44. The van der Waals surface area contributed by atoms with Gasteiger partial charge in [0.2, 0.25) is 10.0 Å². The number of rotatable bonds is 3. The number of sulfonamides is 1. The molecule has 0 aromatic heterocycles. The molecule has 0 amide bonds. The quantitative estimate of drug-likeness (QED) is 0.910. The molecule has 0 aliphatic carbocycles. The zero-order valence-corrected chi connectivity index (χ0v) is 14.6. The van der Waals surface area contributed by atoms with E-state index in [1.807, 2.05) is 13.0 Å². The average Bonchev–Trinajstić information content (AvgIpc) is 2.50. The molecule has 1 atom stereocenters. The van der Waals surface area contributed by atoms with Crippen molar-refractivity contribution in [3.05, 3.63) is 58.9 Å². The second-order valence-corrected chi connectivity index (χ2v) is 8.58. The van der Waals surface area contributed by atoms with Gasteiger partial charge in [-0.1, -0.05) is 12.1 Å². The van der Waals surface area contributed by atoms with Gasteiger partial charge in [-0.3, -0.25) is 0 Å². The summed E-state index contributed by atoms with van der Waals surface area (Å²) in [6.45, 7) is 3.64. The number of benzene rings is 2. The molecule has 23 heavy (non-hydrogen) atoms. The zero-order chi connectivity index (χ0) is 16.6. The highest BCUT2D eigenvalue weighted by Gasteiger charge is 2.27. The first-order valence-electron chi connectivity index (χ1n) is 7.39. The van der Waals surface area contributed by atoms with Gasteiger partial charge in [0.15, 0.2) is 0 Å². The minimum absolute atomic E-state index is 0.286. The topological polar surface area (TPSA) is 46.2 Å². The van der Waals surface area contributed by atoms with Crippen LogP contribution in [0.3, 0.4) is 0 Å². The standard InChI is InChI=1S/C17H18FNO2S2/c1-11-3-4-12(2)17(9-11)23(20,21)19-15-7-8-22-16-6-5-13(18)10-14(15)16/h3-6,9-10,15,19H,7-8H2,1-2H3. The number of nitrogens with one attached hydrogen (secondary N) is 1. The van der Waals surface area contributed by atoms with Gasteiger partial charge in [-0.05, 0) is 67.0 Å². The molecule has 0 saturated carbocycles. The van der Waals surface area contributed by atoms with Crippen LogP contribution in [-0.4, -0.2) is 14.2 Å². The molecule has 1 heterocycles. The number of thioether (sulfide) groups is 1. The van der Waals surface area contributed by atoms with Crippen LogP contribution in [0.1, 0.15) is 29.2 Å². The van der Waals surface area contributed by atoms with Crippen LogP contribution in [0, 0.1) is 19.7 Å². The van der Waals surface area contributed by atoms with E-state index < -0.39 is 16.1 Å². The number of hydrogen-bond donors (Lipinski definition) is 1. The van der Waals surface area contributed by atoms with Crippen molar-refractivity contribution in [2.24, 2.45) is 0 Å². The minimum Gasteiger partial charge on any atom is -0.207 e. The Hall–Kier alpha value is -1.37. The van der Waals surface area contributed by atoms with Crippen LogP contribution in [0.15, 0.2) is 46.2 Å². The Morgan fingerprint density at radius 3 is 2.74 bits per heavy atom. The minimum atomic E-state index is -3.65. The maximum atomic E-state index is 13.6. The van der Waals surface area contributed by atoms with Crippen molar-refractivity contribution in [1.82, 2.24) is 4.72 Å². The van der Waals surface area contributed by atoms with Crippen molar-refractivity contribution < 1.29 is 12.8 Å². The van der Waals surface area contributed by atoms with Gasteiger partial charge in [-0.25, -0.2) is 17.5 Å². The molecule has 0 spiro atoms. The second-order valence-electron chi connectivity index (χ2n) is 5.76. The molecule has 0 radical (unpaired) electrons. The molecule has 2 aromatic carbocycles. The van der Waals surface area contributed by atoms with Gasteiger partial charge in [0.05, 0.1) is 4.90 Å². The van der Waals surface area contributed by atoms with Gasteiger partial charge in [-0.2, -0.15) is 0 Å². The normalized spacial score (nSPS) is 17.8. The second kappa shape index (κ2) is 6.26. The first-order chi connectivity index (χ1) is 10.9. The Kier molecular flexibility index (Phi) is 4.49. The highest BCUT2D eigenvalue weighted by atomic mass is 32.2. The van der Waals surface area contributed by atoms with E-state index in [-0.39, 0.29) is 10.7 Å². The lowest BCUT2D eigenvalue weighted by atomic mass is 10.0. The fourth-order valence-electron chi connectivity index (χ4n) is 2.74. The van der Waals surface area contributed by atoms with Crippen molar-refractivity contribution in [2.75, 3.05) is 5.75 Å². The first-order valence-corrected chi connectivity index (χ1v) is 9.85. The summed E-state index contributed by atoms with van der Waals surface area (Å²) in [5.74, 6) is 0.459. The van der Waals surface area contributed by atoms with Crippen molar-refractivity contribution in [2.45, 2.75) is 36.1 Å². The zero-order valence-electron chi connectivity index (χ0n) is 13.0. The summed E-state index contributed by atoms with van der Waals surface area (Å²) in [7, 11) is -3.65. The molecule has 0 saturated heterocycles. The summed E-state index contributed by atoms with van der Waals surface area (Å²) in [5, 5.41) is 0. The van der Waals surface area contributed by atoms with E-state index in [0.717, 1.165) is 21.8 Å². The van der Waals surface area contributed by atoms with Crippen molar-refractivity contribution in [1.29, 1.82) is 0 Å². The SMILES string of the molecule is Cc1ccc(C)c(S(=O)(=O)NC2CCSc3ccc(F)cc32)c1. The summed E-state index contributed by atoms with van der Waals surface area (Å²) in [5.41, 5.74) is 2.31. The van der Waals surface area contributed by atoms with E-state index in [4.69, 9.17) is 0 Å². The van der Waals surface area contributed by atoms with E-state index in [0.29, 0.717) is 12.0 Å². The Morgan fingerprint density at radius 1 is 1.17 bits per heavy atom. The third-order valence-electron chi connectivity index (χ3n) is 3.94. The molecular weight excluding hydrogens is 333 g/mol. The van der Waals surface area contributed by atoms with Gasteiger partial charge < -0.3 is 0 Å². The Bertz CT molecular complexity index is 850. The fraction of sp³-hybridized carbons (Fsp3) is 0.294. The molecule has 3 rings (SSSR count). The summed E-state index contributed by atoms with van der Waals surface area (Å²) in [6, 6.07) is 9.51. The molecule has 6 heteroatoms.